The topological polar surface area (TPSA) is 171 Å². The van der Waals surface area contributed by atoms with Crippen LogP contribution in [0.5, 0.6) is 11.5 Å². The number of amides is 3. The van der Waals surface area contributed by atoms with Crippen molar-refractivity contribution < 1.29 is 24.2 Å². The lowest BCUT2D eigenvalue weighted by Crippen LogP contribution is -2.37. The fourth-order valence-electron chi connectivity index (χ4n) is 5.08. The number of thioether (sulfide) groups is 1. The minimum Gasteiger partial charge on any atom is -0.507 e. The van der Waals surface area contributed by atoms with E-state index < -0.39 is 0 Å². The Morgan fingerprint density at radius 1 is 0.978 bits per heavy atom. The molecule has 1 aliphatic heterocycles. The molecule has 3 heterocycles. The van der Waals surface area contributed by atoms with Crippen LogP contribution in [0.3, 0.4) is 0 Å². The Balaban J connectivity index is 1.30. The molecular weight excluding hydrogens is 598 g/mol. The van der Waals surface area contributed by atoms with Crippen LogP contribution in [0.4, 0.5) is 0 Å². The molecular formula is C31H35N7O6S. The van der Waals surface area contributed by atoms with Crippen molar-refractivity contribution in [3.8, 4) is 22.6 Å². The third kappa shape index (κ3) is 7.81. The number of carbonyl (C=O) groups excluding carboxylic acids is 3. The Morgan fingerprint density at radius 3 is 2.62 bits per heavy atom. The summed E-state index contributed by atoms with van der Waals surface area (Å²) in [5, 5.41) is 19.7. The zero-order valence-corrected chi connectivity index (χ0v) is 25.9. The van der Waals surface area contributed by atoms with Crippen LogP contribution in [0.2, 0.25) is 0 Å². The minimum absolute atomic E-state index is 0.0570. The predicted molar refractivity (Wildman–Crippen MR) is 169 cm³/mol. The van der Waals surface area contributed by atoms with Crippen LogP contribution in [0.15, 0.2) is 52.4 Å². The maximum atomic E-state index is 13.3. The molecule has 4 bridgehead atoms. The summed E-state index contributed by atoms with van der Waals surface area (Å²) in [7, 11) is 1.49. The van der Waals surface area contributed by atoms with Crippen molar-refractivity contribution in [1.82, 2.24) is 35.1 Å². The Kier molecular flexibility index (Phi) is 10.0. The summed E-state index contributed by atoms with van der Waals surface area (Å²) in [6, 6.07) is 11.8. The number of aromatic hydroxyl groups is 1. The van der Waals surface area contributed by atoms with Gasteiger partial charge in [-0.2, -0.15) is 9.50 Å². The Morgan fingerprint density at radius 2 is 1.80 bits per heavy atom. The number of phenols is 1. The van der Waals surface area contributed by atoms with Gasteiger partial charge in [-0.15, -0.1) is 0 Å². The van der Waals surface area contributed by atoms with Gasteiger partial charge in [-0.1, -0.05) is 23.9 Å². The fourth-order valence-corrected chi connectivity index (χ4v) is 5.82. The lowest BCUT2D eigenvalue weighted by Gasteiger charge is -2.22. The number of aromatic nitrogens is 4. The third-order valence-corrected chi connectivity index (χ3v) is 8.24. The molecule has 3 amide bonds. The van der Waals surface area contributed by atoms with E-state index >= 15 is 0 Å². The maximum Gasteiger partial charge on any atom is 0.274 e. The molecule has 4 aromatic rings. The van der Waals surface area contributed by atoms with Gasteiger partial charge in [-0.05, 0) is 61.6 Å². The number of aromatic amines is 1. The van der Waals surface area contributed by atoms with E-state index in [0.717, 1.165) is 17.3 Å². The highest BCUT2D eigenvalue weighted by Gasteiger charge is 2.19. The van der Waals surface area contributed by atoms with Gasteiger partial charge in [-0.3, -0.25) is 24.3 Å². The van der Waals surface area contributed by atoms with E-state index in [1.807, 2.05) is 6.07 Å². The molecule has 4 N–H and O–H groups in total. The van der Waals surface area contributed by atoms with Crippen molar-refractivity contribution in [2.45, 2.75) is 37.8 Å². The maximum absolute atomic E-state index is 13.3. The molecule has 13 nitrogen and oxygen atoms in total. The number of nitrogens with one attached hydrogen (secondary N) is 3. The lowest BCUT2D eigenvalue weighted by molar-refractivity contribution is -0.129. The summed E-state index contributed by atoms with van der Waals surface area (Å²) >= 11 is 1.16. The van der Waals surface area contributed by atoms with Crippen LogP contribution in [0.25, 0.3) is 16.9 Å². The van der Waals surface area contributed by atoms with E-state index in [-0.39, 0.29) is 47.0 Å². The number of methoxy groups -OCH3 is 1. The van der Waals surface area contributed by atoms with Crippen molar-refractivity contribution in [2.24, 2.45) is 0 Å². The highest BCUT2D eigenvalue weighted by molar-refractivity contribution is 7.99. The van der Waals surface area contributed by atoms with E-state index in [1.54, 1.807) is 42.2 Å². The van der Waals surface area contributed by atoms with Gasteiger partial charge in [0, 0.05) is 49.9 Å². The molecule has 0 saturated carbocycles. The van der Waals surface area contributed by atoms with Gasteiger partial charge in [0.05, 0.1) is 18.4 Å². The quantitative estimate of drug-likeness (QED) is 0.246. The molecule has 0 atom stereocenters. The number of carbonyl (C=O) groups is 3. The van der Waals surface area contributed by atoms with Gasteiger partial charge < -0.3 is 25.4 Å². The number of benzene rings is 2. The first kappa shape index (κ1) is 31.6. The molecule has 0 saturated heterocycles. The van der Waals surface area contributed by atoms with Crippen LogP contribution in [0.1, 0.15) is 40.9 Å². The second kappa shape index (κ2) is 14.3. The number of phenolic OH excluding ortho intramolecular Hbond substituents is 1. The summed E-state index contributed by atoms with van der Waals surface area (Å²) in [5.74, 6) is 0.146. The minimum atomic E-state index is -0.338. The lowest BCUT2D eigenvalue weighted by atomic mass is 9.98. The molecule has 0 aliphatic carbocycles. The number of hydrogen-bond acceptors (Lipinski definition) is 9. The van der Waals surface area contributed by atoms with Crippen LogP contribution in [0, 0.1) is 6.92 Å². The SMILES string of the molecule is COc1ccc2cc1C(=O)NCCCN(C(=O)CSc1nc3nc(C)cc(=O)n3[nH]1)CCCC(=O)NCCc1ccc(O)c-2c1. The molecule has 2 aromatic carbocycles. The molecule has 0 unspecified atom stereocenters. The largest absolute Gasteiger partial charge is 0.507 e. The number of nitrogens with zero attached hydrogens (tertiary/aromatic N) is 4. The fraction of sp³-hybridized carbons (Fsp3) is 0.355. The first-order valence-electron chi connectivity index (χ1n) is 14.6. The number of hydrogen-bond donors (Lipinski definition) is 4. The van der Waals surface area contributed by atoms with Gasteiger partial charge in [0.15, 0.2) is 5.16 Å². The van der Waals surface area contributed by atoms with Crippen molar-refractivity contribution in [2.75, 3.05) is 39.0 Å². The molecule has 0 radical (unpaired) electrons. The zero-order valence-electron chi connectivity index (χ0n) is 25.1. The van der Waals surface area contributed by atoms with E-state index in [2.05, 4.69) is 25.7 Å². The van der Waals surface area contributed by atoms with Gasteiger partial charge in [0.2, 0.25) is 11.8 Å². The van der Waals surface area contributed by atoms with Crippen LogP contribution in [-0.4, -0.2) is 86.4 Å². The standard InChI is InChI=1S/C31H35N7O6S/c1-19-15-27(41)38-30(34-19)35-31(36-38)45-18-28(42)37-13-3-5-26(40)32-12-10-20-6-8-24(39)22(16-20)21-7-9-25(44-2)23(17-21)29(43)33-11-4-14-37/h6-9,15-17,39H,3-5,10-14,18H2,1-2H3,(H,32,40)(H,33,43)(H,34,35,36). The van der Waals surface area contributed by atoms with Crippen LogP contribution in [-0.2, 0) is 16.0 Å². The molecule has 14 heteroatoms. The van der Waals surface area contributed by atoms with E-state index in [0.29, 0.717) is 78.7 Å². The smallest absolute Gasteiger partial charge is 0.274 e. The normalized spacial score (nSPS) is 15.0. The first-order valence-corrected chi connectivity index (χ1v) is 15.6. The Labute approximate surface area is 263 Å². The molecule has 45 heavy (non-hydrogen) atoms. The molecule has 1 aliphatic rings. The van der Waals surface area contributed by atoms with Crippen LogP contribution < -0.4 is 20.9 Å². The van der Waals surface area contributed by atoms with Gasteiger partial charge in [0.25, 0.3) is 17.2 Å². The molecule has 2 aromatic heterocycles. The average molecular weight is 634 g/mol. The average Bonchev–Trinajstić information content (AvgIpc) is 3.44. The van der Waals surface area contributed by atoms with E-state index in [1.165, 1.54) is 17.7 Å². The van der Waals surface area contributed by atoms with Crippen LogP contribution >= 0.6 is 11.8 Å². The summed E-state index contributed by atoms with van der Waals surface area (Å²) in [6.45, 7) is 3.13. The van der Waals surface area contributed by atoms with Gasteiger partial charge >= 0.3 is 0 Å². The third-order valence-electron chi connectivity index (χ3n) is 7.40. The van der Waals surface area contributed by atoms with Crippen molar-refractivity contribution >= 4 is 35.3 Å². The zero-order chi connectivity index (χ0) is 31.9. The second-order valence-corrected chi connectivity index (χ2v) is 11.6. The van der Waals surface area contributed by atoms with Gasteiger partial charge in [0.1, 0.15) is 11.5 Å². The summed E-state index contributed by atoms with van der Waals surface area (Å²) in [4.78, 5) is 61.5. The Bertz CT molecular complexity index is 1790. The van der Waals surface area contributed by atoms with Crippen molar-refractivity contribution in [3.63, 3.8) is 0 Å². The second-order valence-electron chi connectivity index (χ2n) is 10.6. The number of fused-ring (bicyclic) bond motifs is 6. The Hall–Kier alpha value is -4.85. The van der Waals surface area contributed by atoms with E-state index in [9.17, 15) is 24.3 Å². The first-order chi connectivity index (χ1) is 21.7. The van der Waals surface area contributed by atoms with E-state index in [4.69, 9.17) is 4.74 Å². The summed E-state index contributed by atoms with van der Waals surface area (Å²) in [6.07, 6.45) is 1.73. The molecule has 0 fully saturated rings. The summed E-state index contributed by atoms with van der Waals surface area (Å²) < 4.78 is 6.66. The van der Waals surface area contributed by atoms with Crippen molar-refractivity contribution in [1.29, 1.82) is 0 Å². The summed E-state index contributed by atoms with van der Waals surface area (Å²) in [5.41, 5.74) is 2.72. The van der Waals surface area contributed by atoms with Crippen molar-refractivity contribution in [3.05, 3.63) is 69.6 Å². The highest BCUT2D eigenvalue weighted by atomic mass is 32.2. The molecule has 5 rings (SSSR count). The monoisotopic (exact) mass is 633 g/mol. The molecule has 236 valence electrons. The molecule has 0 spiro atoms. The predicted octanol–water partition coefficient (Wildman–Crippen LogP) is 2.30. The number of rotatable bonds is 4. The number of aryl methyl sites for hydroxylation is 1. The highest BCUT2D eigenvalue weighted by Crippen LogP contribution is 2.33. The van der Waals surface area contributed by atoms with Gasteiger partial charge in [-0.25, -0.2) is 4.98 Å². The number of H-pyrrole nitrogens is 1. The number of ether oxygens (including phenoxy) is 1.